The van der Waals surface area contributed by atoms with Gasteiger partial charge in [-0.1, -0.05) is 29.8 Å². The predicted octanol–water partition coefficient (Wildman–Crippen LogP) is 3.32. The number of rotatable bonds is 4. The van der Waals surface area contributed by atoms with Crippen LogP contribution in [-0.4, -0.2) is 33.7 Å². The summed E-state index contributed by atoms with van der Waals surface area (Å²) < 4.78 is 1.60. The molecule has 0 spiro atoms. The molecule has 1 amide bonds. The minimum Gasteiger partial charge on any atom is -0.339 e. The maximum Gasteiger partial charge on any atom is 0.258 e. The summed E-state index contributed by atoms with van der Waals surface area (Å²) in [5.41, 5.74) is 1.98. The van der Waals surface area contributed by atoms with E-state index in [1.54, 1.807) is 9.58 Å². The highest BCUT2D eigenvalue weighted by Gasteiger charge is 2.23. The fourth-order valence-corrected chi connectivity index (χ4v) is 2.50. The van der Waals surface area contributed by atoms with Crippen LogP contribution in [0.2, 0.25) is 5.15 Å². The number of aromatic nitrogens is 2. The fraction of sp³-hybridized carbons (Fsp3) is 0.333. The van der Waals surface area contributed by atoms with Gasteiger partial charge >= 0.3 is 0 Å². The second-order valence-corrected chi connectivity index (χ2v) is 4.83. The number of hydrogen-bond acceptors (Lipinski definition) is 2. The van der Waals surface area contributed by atoms with Gasteiger partial charge in [-0.15, -0.1) is 0 Å². The molecular weight excluding hydrogens is 274 g/mol. The zero-order valence-corrected chi connectivity index (χ0v) is 12.7. The molecule has 0 N–H and O–H groups in total. The predicted molar refractivity (Wildman–Crippen MR) is 80.6 cm³/mol. The third-order valence-electron chi connectivity index (χ3n) is 3.27. The summed E-state index contributed by atoms with van der Waals surface area (Å²) in [6, 6.07) is 9.56. The van der Waals surface area contributed by atoms with Gasteiger partial charge in [0.25, 0.3) is 5.91 Å². The smallest absolute Gasteiger partial charge is 0.258 e. The van der Waals surface area contributed by atoms with E-state index in [0.717, 1.165) is 5.69 Å². The molecule has 20 heavy (non-hydrogen) atoms. The van der Waals surface area contributed by atoms with E-state index in [9.17, 15) is 4.79 Å². The first kappa shape index (κ1) is 14.6. The molecule has 0 saturated heterocycles. The summed E-state index contributed by atoms with van der Waals surface area (Å²) in [5, 5.41) is 4.76. The van der Waals surface area contributed by atoms with E-state index in [1.165, 1.54) is 0 Å². The van der Waals surface area contributed by atoms with E-state index in [2.05, 4.69) is 5.10 Å². The van der Waals surface area contributed by atoms with E-state index in [0.29, 0.717) is 29.5 Å². The van der Waals surface area contributed by atoms with Crippen LogP contribution in [0.3, 0.4) is 0 Å². The largest absolute Gasteiger partial charge is 0.339 e. The summed E-state index contributed by atoms with van der Waals surface area (Å²) in [4.78, 5) is 14.2. The lowest BCUT2D eigenvalue weighted by Gasteiger charge is -2.18. The molecule has 1 aromatic carbocycles. The molecule has 0 aliphatic carbocycles. The van der Waals surface area contributed by atoms with Crippen LogP contribution in [0.25, 0.3) is 5.69 Å². The first-order chi connectivity index (χ1) is 9.60. The van der Waals surface area contributed by atoms with E-state index in [4.69, 9.17) is 11.6 Å². The summed E-state index contributed by atoms with van der Waals surface area (Å²) >= 11 is 6.37. The quantitative estimate of drug-likeness (QED) is 0.867. The Kier molecular flexibility index (Phi) is 4.45. The third kappa shape index (κ3) is 2.56. The number of para-hydroxylation sites is 1. The van der Waals surface area contributed by atoms with Gasteiger partial charge in [0.05, 0.1) is 16.9 Å². The topological polar surface area (TPSA) is 38.1 Å². The van der Waals surface area contributed by atoms with Gasteiger partial charge in [0.2, 0.25) is 0 Å². The van der Waals surface area contributed by atoms with Crippen molar-refractivity contribution in [3.63, 3.8) is 0 Å². The summed E-state index contributed by atoms with van der Waals surface area (Å²) in [6.45, 7) is 7.02. The number of halogens is 1. The van der Waals surface area contributed by atoms with Crippen molar-refractivity contribution in [2.75, 3.05) is 13.1 Å². The average molecular weight is 292 g/mol. The molecule has 0 atom stereocenters. The molecule has 1 aromatic heterocycles. The Balaban J connectivity index is 2.47. The third-order valence-corrected chi connectivity index (χ3v) is 3.62. The van der Waals surface area contributed by atoms with Gasteiger partial charge in [0.15, 0.2) is 0 Å². The molecular formula is C15H18ClN3O. The first-order valence-electron chi connectivity index (χ1n) is 6.69. The maximum absolute atomic E-state index is 12.5. The molecule has 106 valence electrons. The second-order valence-electron chi connectivity index (χ2n) is 4.48. The number of benzene rings is 1. The van der Waals surface area contributed by atoms with E-state index in [-0.39, 0.29) is 5.91 Å². The molecule has 4 nitrogen and oxygen atoms in total. The molecule has 0 aliphatic rings. The lowest BCUT2D eigenvalue weighted by molar-refractivity contribution is 0.0772. The van der Waals surface area contributed by atoms with Crippen LogP contribution in [0.5, 0.6) is 0 Å². The Morgan fingerprint density at radius 2 is 1.85 bits per heavy atom. The van der Waals surface area contributed by atoms with Crippen molar-refractivity contribution in [2.45, 2.75) is 20.8 Å². The Bertz CT molecular complexity index is 603. The van der Waals surface area contributed by atoms with Crippen molar-refractivity contribution in [1.29, 1.82) is 0 Å². The first-order valence-corrected chi connectivity index (χ1v) is 7.07. The number of hydrogen-bond donors (Lipinski definition) is 0. The fourth-order valence-electron chi connectivity index (χ4n) is 2.15. The SMILES string of the molecule is CCN(CC)C(=O)c1c(C)nn(-c2ccccc2)c1Cl. The number of aryl methyl sites for hydroxylation is 1. The lowest BCUT2D eigenvalue weighted by atomic mass is 10.2. The molecule has 0 saturated carbocycles. The molecule has 0 bridgehead atoms. The number of amides is 1. The normalized spacial score (nSPS) is 10.6. The molecule has 0 unspecified atom stereocenters. The Labute approximate surface area is 124 Å². The van der Waals surface area contributed by atoms with E-state index < -0.39 is 0 Å². The van der Waals surface area contributed by atoms with E-state index in [1.807, 2.05) is 51.1 Å². The van der Waals surface area contributed by atoms with Crippen molar-refractivity contribution < 1.29 is 4.79 Å². The molecule has 0 radical (unpaired) electrons. The minimum atomic E-state index is -0.0697. The highest BCUT2D eigenvalue weighted by molar-refractivity contribution is 6.33. The monoisotopic (exact) mass is 291 g/mol. The Hall–Kier alpha value is -1.81. The van der Waals surface area contributed by atoms with Crippen molar-refractivity contribution in [3.05, 3.63) is 46.7 Å². The number of carbonyl (C=O) groups is 1. The van der Waals surface area contributed by atoms with Gasteiger partial charge in [0, 0.05) is 13.1 Å². The van der Waals surface area contributed by atoms with Gasteiger partial charge in [0.1, 0.15) is 5.15 Å². The molecule has 1 heterocycles. The maximum atomic E-state index is 12.5. The second kappa shape index (κ2) is 6.09. The van der Waals surface area contributed by atoms with Gasteiger partial charge in [-0.05, 0) is 32.9 Å². The van der Waals surface area contributed by atoms with Crippen LogP contribution >= 0.6 is 11.6 Å². The summed E-state index contributed by atoms with van der Waals surface area (Å²) in [7, 11) is 0. The molecule has 0 aliphatic heterocycles. The molecule has 2 rings (SSSR count). The van der Waals surface area contributed by atoms with Crippen LogP contribution < -0.4 is 0 Å². The zero-order chi connectivity index (χ0) is 14.7. The van der Waals surface area contributed by atoms with Crippen molar-refractivity contribution in [1.82, 2.24) is 14.7 Å². The zero-order valence-electron chi connectivity index (χ0n) is 11.9. The highest BCUT2D eigenvalue weighted by atomic mass is 35.5. The minimum absolute atomic E-state index is 0.0697. The molecule has 5 heteroatoms. The van der Waals surface area contributed by atoms with Gasteiger partial charge in [-0.25, -0.2) is 4.68 Å². The van der Waals surface area contributed by atoms with Crippen LogP contribution in [-0.2, 0) is 0 Å². The van der Waals surface area contributed by atoms with Crippen LogP contribution in [0.4, 0.5) is 0 Å². The van der Waals surface area contributed by atoms with Crippen molar-refractivity contribution in [3.8, 4) is 5.69 Å². The van der Waals surface area contributed by atoms with Gasteiger partial charge in [-0.2, -0.15) is 5.10 Å². The number of carbonyl (C=O) groups excluding carboxylic acids is 1. The van der Waals surface area contributed by atoms with Crippen LogP contribution in [0.15, 0.2) is 30.3 Å². The average Bonchev–Trinajstić information content (AvgIpc) is 2.76. The van der Waals surface area contributed by atoms with Gasteiger partial charge < -0.3 is 4.90 Å². The Morgan fingerprint density at radius 3 is 2.40 bits per heavy atom. The van der Waals surface area contributed by atoms with Gasteiger partial charge in [-0.3, -0.25) is 4.79 Å². The Morgan fingerprint density at radius 1 is 1.25 bits per heavy atom. The van der Waals surface area contributed by atoms with Crippen LogP contribution in [0, 0.1) is 6.92 Å². The molecule has 2 aromatic rings. The number of nitrogens with zero attached hydrogens (tertiary/aromatic N) is 3. The van der Waals surface area contributed by atoms with Crippen molar-refractivity contribution in [2.24, 2.45) is 0 Å². The summed E-state index contributed by atoms with van der Waals surface area (Å²) in [5.74, 6) is -0.0697. The highest BCUT2D eigenvalue weighted by Crippen LogP contribution is 2.24. The van der Waals surface area contributed by atoms with Crippen LogP contribution in [0.1, 0.15) is 29.9 Å². The standard InChI is InChI=1S/C15H18ClN3O/c1-4-18(5-2)15(20)13-11(3)17-19(14(13)16)12-9-7-6-8-10-12/h6-10H,4-5H2,1-3H3. The van der Waals surface area contributed by atoms with Crippen molar-refractivity contribution >= 4 is 17.5 Å². The van der Waals surface area contributed by atoms with E-state index >= 15 is 0 Å². The lowest BCUT2D eigenvalue weighted by Crippen LogP contribution is -2.30. The summed E-state index contributed by atoms with van der Waals surface area (Å²) in [6.07, 6.45) is 0. The molecule has 0 fully saturated rings.